The topological polar surface area (TPSA) is 35.5 Å². The first kappa shape index (κ1) is 10.9. The Balaban J connectivity index is 2.56. The number of alkyl halides is 2. The maximum atomic E-state index is 13.1. The zero-order valence-corrected chi connectivity index (χ0v) is 8.63. The van der Waals surface area contributed by atoms with E-state index in [0.717, 1.165) is 13.0 Å². The second kappa shape index (κ2) is 3.73. The summed E-state index contributed by atoms with van der Waals surface area (Å²) in [6.45, 7) is 1.38. The second-order valence-electron chi connectivity index (χ2n) is 3.60. The van der Waals surface area contributed by atoms with Crippen LogP contribution >= 0.6 is 0 Å². The highest BCUT2D eigenvalue weighted by Crippen LogP contribution is 2.38. The number of rotatable bonds is 2. The molecule has 0 N–H and O–H groups in total. The third kappa shape index (κ3) is 1.85. The lowest BCUT2D eigenvalue weighted by molar-refractivity contribution is 0.0169. The summed E-state index contributed by atoms with van der Waals surface area (Å²) in [6.07, 6.45) is 0.489. The third-order valence-electron chi connectivity index (χ3n) is 2.30. The largest absolute Gasteiger partial charge is 0.486 e. The van der Waals surface area contributed by atoms with Gasteiger partial charge < -0.3 is 9.47 Å². The van der Waals surface area contributed by atoms with Crippen molar-refractivity contribution in [3.63, 3.8) is 0 Å². The molecule has 16 heavy (non-hydrogen) atoms. The Morgan fingerprint density at radius 1 is 1.31 bits per heavy atom. The molecule has 0 aromatic heterocycles. The number of carbonyl (C=O) groups is 1. The molecule has 0 radical (unpaired) electrons. The van der Waals surface area contributed by atoms with Crippen LogP contribution in [0.15, 0.2) is 12.1 Å². The fraction of sp³-hybridized carbons (Fsp3) is 0.364. The van der Waals surface area contributed by atoms with Crippen molar-refractivity contribution in [3.8, 4) is 11.5 Å². The lowest BCUT2D eigenvalue weighted by atomic mass is 10.0. The Labute approximate surface area is 91.0 Å². The van der Waals surface area contributed by atoms with Gasteiger partial charge in [0.2, 0.25) is 0 Å². The van der Waals surface area contributed by atoms with E-state index in [0.29, 0.717) is 19.5 Å². The van der Waals surface area contributed by atoms with E-state index in [2.05, 4.69) is 0 Å². The summed E-state index contributed by atoms with van der Waals surface area (Å²) in [5.41, 5.74) is -0.160. The van der Waals surface area contributed by atoms with Gasteiger partial charge in [-0.3, -0.25) is 4.79 Å². The summed E-state index contributed by atoms with van der Waals surface area (Å²) >= 11 is 0. The first-order chi connectivity index (χ1) is 7.52. The van der Waals surface area contributed by atoms with Crippen molar-refractivity contribution in [2.45, 2.75) is 12.8 Å². The van der Waals surface area contributed by atoms with Crippen LogP contribution in [0.5, 0.6) is 11.5 Å². The molecule has 0 bridgehead atoms. The maximum Gasteiger partial charge on any atom is 0.270 e. The van der Waals surface area contributed by atoms with Gasteiger partial charge in [-0.1, -0.05) is 0 Å². The van der Waals surface area contributed by atoms with Crippen molar-refractivity contribution in [1.29, 1.82) is 0 Å². The number of ether oxygens (including phenoxy) is 2. The predicted molar refractivity (Wildman–Crippen MR) is 52.4 cm³/mol. The van der Waals surface area contributed by atoms with Crippen LogP contribution in [0.4, 0.5) is 8.78 Å². The van der Waals surface area contributed by atoms with Crippen LogP contribution in [-0.4, -0.2) is 19.5 Å². The van der Waals surface area contributed by atoms with Crippen LogP contribution in [0.25, 0.3) is 0 Å². The minimum atomic E-state index is -3.01. The molecule has 2 rings (SSSR count). The molecule has 1 aromatic carbocycles. The Kier molecular flexibility index (Phi) is 2.53. The fourth-order valence-corrected chi connectivity index (χ4v) is 1.52. The van der Waals surface area contributed by atoms with Gasteiger partial charge in [0.05, 0.1) is 5.56 Å². The van der Waals surface area contributed by atoms with Gasteiger partial charge in [-0.15, -0.1) is 0 Å². The molecule has 1 aromatic rings. The lowest BCUT2D eigenvalue weighted by Crippen LogP contribution is -2.18. The molecule has 0 aliphatic carbocycles. The number of aldehydes is 1. The van der Waals surface area contributed by atoms with E-state index in [1.165, 1.54) is 6.07 Å². The average Bonchev–Trinajstić information content (AvgIpc) is 2.26. The highest BCUT2D eigenvalue weighted by Gasteiger charge is 2.28. The highest BCUT2D eigenvalue weighted by atomic mass is 19.3. The summed E-state index contributed by atoms with van der Waals surface area (Å²) in [7, 11) is 0. The molecule has 0 amide bonds. The van der Waals surface area contributed by atoms with Gasteiger partial charge in [0, 0.05) is 12.5 Å². The van der Waals surface area contributed by atoms with Crippen LogP contribution in [0.3, 0.4) is 0 Å². The molecule has 0 spiro atoms. The average molecular weight is 228 g/mol. The number of hydrogen-bond donors (Lipinski definition) is 0. The summed E-state index contributed by atoms with van der Waals surface area (Å²) < 4.78 is 36.7. The van der Waals surface area contributed by atoms with Gasteiger partial charge in [0.15, 0.2) is 17.8 Å². The van der Waals surface area contributed by atoms with Gasteiger partial charge in [0.1, 0.15) is 13.2 Å². The smallest absolute Gasteiger partial charge is 0.270 e. The van der Waals surface area contributed by atoms with Crippen LogP contribution in [0.2, 0.25) is 0 Å². The molecule has 1 aliphatic heterocycles. The number of benzene rings is 1. The van der Waals surface area contributed by atoms with E-state index < -0.39 is 5.92 Å². The van der Waals surface area contributed by atoms with E-state index in [1.54, 1.807) is 0 Å². The Hall–Kier alpha value is -1.65. The molecule has 1 aliphatic rings. The van der Waals surface area contributed by atoms with Crippen LogP contribution in [-0.2, 0) is 5.92 Å². The maximum absolute atomic E-state index is 13.1. The van der Waals surface area contributed by atoms with Crippen molar-refractivity contribution in [3.05, 3.63) is 23.3 Å². The summed E-state index contributed by atoms with van der Waals surface area (Å²) in [4.78, 5) is 10.8. The first-order valence-corrected chi connectivity index (χ1v) is 4.79. The Bertz CT molecular complexity index is 424. The van der Waals surface area contributed by atoms with Gasteiger partial charge >= 0.3 is 0 Å². The lowest BCUT2D eigenvalue weighted by Gasteiger charge is -2.22. The normalized spacial score (nSPS) is 14.7. The molecule has 3 nitrogen and oxygen atoms in total. The molecule has 0 unspecified atom stereocenters. The monoisotopic (exact) mass is 228 g/mol. The molecular formula is C11H10F2O3. The van der Waals surface area contributed by atoms with Gasteiger partial charge in [-0.05, 0) is 12.1 Å². The molecule has 5 heteroatoms. The summed E-state index contributed by atoms with van der Waals surface area (Å²) in [5.74, 6) is -2.56. The fourth-order valence-electron chi connectivity index (χ4n) is 1.52. The number of carbonyl (C=O) groups excluding carboxylic acids is 1. The van der Waals surface area contributed by atoms with E-state index in [-0.39, 0.29) is 22.6 Å². The highest BCUT2D eigenvalue weighted by molar-refractivity contribution is 5.82. The van der Waals surface area contributed by atoms with E-state index in [4.69, 9.17) is 9.47 Å². The SMILES string of the molecule is CC(F)(F)c1cc(C=O)c2c(c1)OCCO2. The minimum Gasteiger partial charge on any atom is -0.486 e. The molecule has 86 valence electrons. The summed E-state index contributed by atoms with van der Waals surface area (Å²) in [6, 6.07) is 2.34. The Morgan fingerprint density at radius 2 is 2.00 bits per heavy atom. The second-order valence-corrected chi connectivity index (χ2v) is 3.60. The minimum absolute atomic E-state index is 0.0914. The number of fused-ring (bicyclic) bond motifs is 1. The van der Waals surface area contributed by atoms with Crippen molar-refractivity contribution in [2.24, 2.45) is 0 Å². The molecule has 0 saturated carbocycles. The van der Waals surface area contributed by atoms with Crippen molar-refractivity contribution >= 4 is 6.29 Å². The van der Waals surface area contributed by atoms with E-state index in [1.807, 2.05) is 0 Å². The quantitative estimate of drug-likeness (QED) is 0.729. The summed E-state index contributed by atoms with van der Waals surface area (Å²) in [5, 5.41) is 0. The third-order valence-corrected chi connectivity index (χ3v) is 2.30. The van der Waals surface area contributed by atoms with Crippen molar-refractivity contribution < 1.29 is 23.0 Å². The van der Waals surface area contributed by atoms with Crippen LogP contribution in [0, 0.1) is 0 Å². The molecular weight excluding hydrogens is 218 g/mol. The zero-order chi connectivity index (χ0) is 11.8. The predicted octanol–water partition coefficient (Wildman–Crippen LogP) is 2.38. The van der Waals surface area contributed by atoms with Crippen molar-refractivity contribution in [1.82, 2.24) is 0 Å². The number of hydrogen-bond acceptors (Lipinski definition) is 3. The van der Waals surface area contributed by atoms with Crippen LogP contribution in [0.1, 0.15) is 22.8 Å². The molecule has 1 heterocycles. The van der Waals surface area contributed by atoms with E-state index in [9.17, 15) is 13.6 Å². The van der Waals surface area contributed by atoms with Gasteiger partial charge in [-0.25, -0.2) is 8.78 Å². The van der Waals surface area contributed by atoms with Gasteiger partial charge in [-0.2, -0.15) is 0 Å². The van der Waals surface area contributed by atoms with E-state index >= 15 is 0 Å². The standard InChI is InChI=1S/C11H10F2O3/c1-11(12,13)8-4-7(6-14)10-9(5-8)15-2-3-16-10/h4-6H,2-3H2,1H3. The van der Waals surface area contributed by atoms with Crippen molar-refractivity contribution in [2.75, 3.05) is 13.2 Å². The first-order valence-electron chi connectivity index (χ1n) is 4.79. The molecule has 0 atom stereocenters. The zero-order valence-electron chi connectivity index (χ0n) is 8.63. The Morgan fingerprint density at radius 3 is 2.62 bits per heavy atom. The van der Waals surface area contributed by atoms with Gasteiger partial charge in [0.25, 0.3) is 5.92 Å². The molecule has 0 saturated heterocycles. The number of halogens is 2. The molecule has 0 fully saturated rings. The van der Waals surface area contributed by atoms with Crippen LogP contribution < -0.4 is 9.47 Å².